The van der Waals surface area contributed by atoms with Gasteiger partial charge in [-0.2, -0.15) is 0 Å². The molecule has 0 radical (unpaired) electrons. The van der Waals surface area contributed by atoms with E-state index in [0.29, 0.717) is 0 Å². The Hall–Kier alpha value is -1.05. The van der Waals surface area contributed by atoms with Crippen LogP contribution in [0.15, 0.2) is 23.3 Å². The van der Waals surface area contributed by atoms with Crippen molar-refractivity contribution in [3.63, 3.8) is 0 Å². The van der Waals surface area contributed by atoms with Crippen LogP contribution in [0.2, 0.25) is 0 Å². The third kappa shape index (κ3) is 2.53. The predicted molar refractivity (Wildman–Crippen MR) is 47.9 cm³/mol. The van der Waals surface area contributed by atoms with E-state index in [1.807, 2.05) is 19.9 Å². The molecule has 0 heterocycles. The van der Waals surface area contributed by atoms with Crippen molar-refractivity contribution in [2.45, 2.75) is 26.7 Å². The van der Waals surface area contributed by atoms with Crippen LogP contribution in [0.3, 0.4) is 0 Å². The molecule has 1 aliphatic rings. The summed E-state index contributed by atoms with van der Waals surface area (Å²) in [5.74, 6) is -0.508. The lowest BCUT2D eigenvalue weighted by Crippen LogP contribution is -2.08. The lowest BCUT2D eigenvalue weighted by Gasteiger charge is -2.16. The van der Waals surface area contributed by atoms with E-state index in [0.717, 1.165) is 6.42 Å². The number of hydrogen-bond donors (Lipinski definition) is 1. The highest BCUT2D eigenvalue weighted by Crippen LogP contribution is 2.24. The molecule has 0 saturated heterocycles. The lowest BCUT2D eigenvalue weighted by atomic mass is 9.89. The Morgan fingerprint density at radius 2 is 2.33 bits per heavy atom. The topological polar surface area (TPSA) is 37.3 Å². The third-order valence-corrected chi connectivity index (χ3v) is 1.99. The van der Waals surface area contributed by atoms with Gasteiger partial charge < -0.3 is 5.11 Å². The standard InChI is InChI=1S/C10H14O2/c1-7-3-8(2)5-9(4-7)6-10(11)12/h3-4,9H,5-6H2,1-2H3,(H,11,12). The Morgan fingerprint density at radius 1 is 1.67 bits per heavy atom. The van der Waals surface area contributed by atoms with Gasteiger partial charge >= 0.3 is 5.97 Å². The van der Waals surface area contributed by atoms with Gasteiger partial charge in [-0.1, -0.05) is 23.3 Å². The van der Waals surface area contributed by atoms with Crippen LogP contribution in [-0.2, 0) is 4.79 Å². The highest BCUT2D eigenvalue weighted by atomic mass is 16.4. The molecule has 2 heteroatoms. The fourth-order valence-corrected chi connectivity index (χ4v) is 1.70. The average Bonchev–Trinajstić information content (AvgIpc) is 1.81. The summed E-state index contributed by atoms with van der Waals surface area (Å²) < 4.78 is 0. The highest BCUT2D eigenvalue weighted by molar-refractivity contribution is 5.67. The molecule has 12 heavy (non-hydrogen) atoms. The second kappa shape index (κ2) is 3.57. The first-order chi connectivity index (χ1) is 5.58. The molecule has 1 aliphatic carbocycles. The van der Waals surface area contributed by atoms with E-state index in [1.54, 1.807) is 0 Å². The van der Waals surface area contributed by atoms with E-state index >= 15 is 0 Å². The molecule has 1 unspecified atom stereocenters. The first-order valence-corrected chi connectivity index (χ1v) is 4.15. The average molecular weight is 166 g/mol. The summed E-state index contributed by atoms with van der Waals surface area (Å²) in [6, 6.07) is 0. The Kier molecular flexibility index (Phi) is 2.69. The van der Waals surface area contributed by atoms with Crippen LogP contribution < -0.4 is 0 Å². The van der Waals surface area contributed by atoms with Crippen molar-refractivity contribution in [1.29, 1.82) is 0 Å². The number of carboxylic acids is 1. The van der Waals surface area contributed by atoms with E-state index in [2.05, 4.69) is 6.08 Å². The molecular formula is C10H14O2. The highest BCUT2D eigenvalue weighted by Gasteiger charge is 2.14. The summed E-state index contributed by atoms with van der Waals surface area (Å²) in [6.45, 7) is 4.06. The van der Waals surface area contributed by atoms with Crippen LogP contribution in [0, 0.1) is 5.92 Å². The maximum absolute atomic E-state index is 10.4. The van der Waals surface area contributed by atoms with Crippen LogP contribution in [0.5, 0.6) is 0 Å². The van der Waals surface area contributed by atoms with Gasteiger partial charge in [-0.25, -0.2) is 0 Å². The lowest BCUT2D eigenvalue weighted by molar-refractivity contribution is -0.137. The van der Waals surface area contributed by atoms with Crippen molar-refractivity contribution in [3.8, 4) is 0 Å². The molecule has 0 aromatic heterocycles. The summed E-state index contributed by atoms with van der Waals surface area (Å²) >= 11 is 0. The molecule has 2 nitrogen and oxygen atoms in total. The number of carboxylic acid groups (broad SMARTS) is 1. The Bertz CT molecular complexity index is 247. The van der Waals surface area contributed by atoms with E-state index in [-0.39, 0.29) is 12.3 Å². The van der Waals surface area contributed by atoms with Crippen molar-refractivity contribution in [2.24, 2.45) is 5.92 Å². The van der Waals surface area contributed by atoms with E-state index in [4.69, 9.17) is 5.11 Å². The van der Waals surface area contributed by atoms with Gasteiger partial charge in [-0.15, -0.1) is 0 Å². The fraction of sp³-hybridized carbons (Fsp3) is 0.500. The largest absolute Gasteiger partial charge is 0.481 e. The molecule has 1 N–H and O–H groups in total. The molecule has 1 rings (SSSR count). The zero-order chi connectivity index (χ0) is 9.14. The Labute approximate surface area is 72.6 Å². The SMILES string of the molecule is CC1=CC(CC(=O)O)CC(C)=C1. The number of carbonyl (C=O) groups is 1. The normalized spacial score (nSPS) is 23.0. The van der Waals surface area contributed by atoms with E-state index < -0.39 is 5.97 Å². The summed E-state index contributed by atoms with van der Waals surface area (Å²) in [7, 11) is 0. The van der Waals surface area contributed by atoms with Crippen LogP contribution in [0.1, 0.15) is 26.7 Å². The van der Waals surface area contributed by atoms with Gasteiger partial charge in [-0.05, 0) is 26.2 Å². The zero-order valence-corrected chi connectivity index (χ0v) is 7.50. The predicted octanol–water partition coefficient (Wildman–Crippen LogP) is 2.37. The Morgan fingerprint density at radius 3 is 2.83 bits per heavy atom. The van der Waals surface area contributed by atoms with Crippen molar-refractivity contribution >= 4 is 5.97 Å². The number of hydrogen-bond acceptors (Lipinski definition) is 1. The second-order valence-electron chi connectivity index (χ2n) is 3.46. The summed E-state index contributed by atoms with van der Waals surface area (Å²) in [5.41, 5.74) is 2.46. The smallest absolute Gasteiger partial charge is 0.303 e. The number of allylic oxidation sites excluding steroid dienone is 4. The molecule has 0 aliphatic heterocycles. The molecule has 0 fully saturated rings. The molecule has 1 atom stereocenters. The van der Waals surface area contributed by atoms with Crippen LogP contribution in [-0.4, -0.2) is 11.1 Å². The minimum atomic E-state index is -0.709. The van der Waals surface area contributed by atoms with Crippen molar-refractivity contribution in [2.75, 3.05) is 0 Å². The summed E-state index contributed by atoms with van der Waals surface area (Å²) in [5, 5.41) is 8.59. The van der Waals surface area contributed by atoms with Crippen molar-refractivity contribution in [1.82, 2.24) is 0 Å². The quantitative estimate of drug-likeness (QED) is 0.683. The first-order valence-electron chi connectivity index (χ1n) is 4.15. The molecular weight excluding hydrogens is 152 g/mol. The first kappa shape index (κ1) is 9.04. The number of rotatable bonds is 2. The number of aliphatic carboxylic acids is 1. The zero-order valence-electron chi connectivity index (χ0n) is 7.50. The van der Waals surface area contributed by atoms with Gasteiger partial charge in [0.25, 0.3) is 0 Å². The van der Waals surface area contributed by atoms with Crippen molar-refractivity contribution < 1.29 is 9.90 Å². The minimum Gasteiger partial charge on any atom is -0.481 e. The molecule has 0 spiro atoms. The van der Waals surface area contributed by atoms with Gasteiger partial charge in [0, 0.05) is 0 Å². The molecule has 0 aromatic rings. The molecule has 0 aromatic carbocycles. The van der Waals surface area contributed by atoms with Crippen LogP contribution in [0.4, 0.5) is 0 Å². The monoisotopic (exact) mass is 166 g/mol. The fourth-order valence-electron chi connectivity index (χ4n) is 1.70. The van der Waals surface area contributed by atoms with E-state index in [9.17, 15) is 4.79 Å². The van der Waals surface area contributed by atoms with Gasteiger partial charge in [0.05, 0.1) is 6.42 Å². The van der Waals surface area contributed by atoms with Crippen LogP contribution in [0.25, 0.3) is 0 Å². The molecule has 66 valence electrons. The minimum absolute atomic E-state index is 0.201. The van der Waals surface area contributed by atoms with Crippen LogP contribution >= 0.6 is 0 Å². The Balaban J connectivity index is 2.61. The van der Waals surface area contributed by atoms with Gasteiger partial charge in [0.15, 0.2) is 0 Å². The summed E-state index contributed by atoms with van der Waals surface area (Å²) in [4.78, 5) is 10.4. The molecule has 0 bridgehead atoms. The van der Waals surface area contributed by atoms with E-state index in [1.165, 1.54) is 11.1 Å². The van der Waals surface area contributed by atoms with Gasteiger partial charge in [-0.3, -0.25) is 4.79 Å². The van der Waals surface area contributed by atoms with Gasteiger partial charge in [0.2, 0.25) is 0 Å². The molecule has 0 saturated carbocycles. The van der Waals surface area contributed by atoms with Crippen molar-refractivity contribution in [3.05, 3.63) is 23.3 Å². The van der Waals surface area contributed by atoms with Gasteiger partial charge in [0.1, 0.15) is 0 Å². The maximum atomic E-state index is 10.4. The summed E-state index contributed by atoms with van der Waals surface area (Å²) in [6.07, 6.45) is 5.30. The maximum Gasteiger partial charge on any atom is 0.303 e. The molecule has 0 amide bonds. The third-order valence-electron chi connectivity index (χ3n) is 1.99. The second-order valence-corrected chi connectivity index (χ2v) is 3.46.